The maximum Gasteiger partial charge on any atom is 0.105 e. The van der Waals surface area contributed by atoms with Gasteiger partial charge in [-0.1, -0.05) is 38.1 Å². The molecule has 0 aliphatic rings. The van der Waals surface area contributed by atoms with Crippen molar-refractivity contribution in [1.29, 1.82) is 0 Å². The Morgan fingerprint density at radius 1 is 1.05 bits per heavy atom. The van der Waals surface area contributed by atoms with Crippen molar-refractivity contribution in [2.24, 2.45) is 0 Å². The highest BCUT2D eigenvalue weighted by Gasteiger charge is 2.15. The summed E-state index contributed by atoms with van der Waals surface area (Å²) >= 11 is 0. The van der Waals surface area contributed by atoms with Gasteiger partial charge in [0, 0.05) is 11.6 Å². The number of hydrogen-bond donors (Lipinski definition) is 1. The fourth-order valence-corrected chi connectivity index (χ4v) is 2.51. The smallest absolute Gasteiger partial charge is 0.105 e. The van der Waals surface area contributed by atoms with Crippen LogP contribution in [0.3, 0.4) is 0 Å². The predicted molar refractivity (Wildman–Crippen MR) is 84.0 cm³/mol. The van der Waals surface area contributed by atoms with Crippen LogP contribution in [0.5, 0.6) is 0 Å². The molecule has 2 aromatic rings. The minimum atomic E-state index is 0.334. The van der Waals surface area contributed by atoms with E-state index in [0.717, 1.165) is 31.6 Å². The van der Waals surface area contributed by atoms with Crippen molar-refractivity contribution < 1.29 is 4.42 Å². The summed E-state index contributed by atoms with van der Waals surface area (Å²) in [6.45, 7) is 7.45. The Morgan fingerprint density at radius 2 is 1.75 bits per heavy atom. The fourth-order valence-electron chi connectivity index (χ4n) is 2.51. The standard InChI is InChI=1S/C18H25NO/c1-4-11-19-18(17-10-12-20-14(17)3)13-16-8-6-15(5-2)7-9-16/h6-10,12,18-19H,4-5,11,13H2,1-3H3. The van der Waals surface area contributed by atoms with Crippen LogP contribution in [0.25, 0.3) is 0 Å². The minimum absolute atomic E-state index is 0.334. The maximum absolute atomic E-state index is 5.46. The molecule has 0 saturated carbocycles. The van der Waals surface area contributed by atoms with Crippen LogP contribution >= 0.6 is 0 Å². The molecule has 0 spiro atoms. The lowest BCUT2D eigenvalue weighted by molar-refractivity contribution is 0.494. The van der Waals surface area contributed by atoms with Crippen molar-refractivity contribution >= 4 is 0 Å². The maximum atomic E-state index is 5.46. The topological polar surface area (TPSA) is 25.2 Å². The van der Waals surface area contributed by atoms with Gasteiger partial charge in [-0.2, -0.15) is 0 Å². The average Bonchev–Trinajstić information content (AvgIpc) is 2.90. The first-order valence-corrected chi connectivity index (χ1v) is 7.59. The molecule has 20 heavy (non-hydrogen) atoms. The number of furan rings is 1. The Kier molecular flexibility index (Phi) is 5.42. The molecule has 1 heterocycles. The van der Waals surface area contributed by atoms with E-state index in [1.54, 1.807) is 6.26 Å². The van der Waals surface area contributed by atoms with Crippen LogP contribution in [-0.4, -0.2) is 6.54 Å². The predicted octanol–water partition coefficient (Wildman–Crippen LogP) is 4.43. The van der Waals surface area contributed by atoms with E-state index in [2.05, 4.69) is 49.5 Å². The number of aryl methyl sites for hydroxylation is 2. The average molecular weight is 271 g/mol. The van der Waals surface area contributed by atoms with Crippen LogP contribution in [0, 0.1) is 6.92 Å². The summed E-state index contributed by atoms with van der Waals surface area (Å²) in [7, 11) is 0. The van der Waals surface area contributed by atoms with Crippen molar-refractivity contribution in [3.8, 4) is 0 Å². The van der Waals surface area contributed by atoms with Gasteiger partial charge in [-0.25, -0.2) is 0 Å². The largest absolute Gasteiger partial charge is 0.469 e. The summed E-state index contributed by atoms with van der Waals surface area (Å²) in [5, 5.41) is 3.63. The SMILES string of the molecule is CCCNC(Cc1ccc(CC)cc1)c1ccoc1C. The molecule has 1 atom stereocenters. The summed E-state index contributed by atoms with van der Waals surface area (Å²) < 4.78 is 5.46. The van der Waals surface area contributed by atoms with Gasteiger partial charge >= 0.3 is 0 Å². The lowest BCUT2D eigenvalue weighted by atomic mass is 9.98. The van der Waals surface area contributed by atoms with E-state index in [0.29, 0.717) is 6.04 Å². The van der Waals surface area contributed by atoms with Gasteiger partial charge in [0.25, 0.3) is 0 Å². The van der Waals surface area contributed by atoms with Gasteiger partial charge in [-0.3, -0.25) is 0 Å². The second-order valence-electron chi connectivity index (χ2n) is 5.31. The van der Waals surface area contributed by atoms with Gasteiger partial charge in [0.1, 0.15) is 5.76 Å². The quantitative estimate of drug-likeness (QED) is 0.805. The first-order chi connectivity index (χ1) is 9.74. The van der Waals surface area contributed by atoms with Crippen molar-refractivity contribution in [3.63, 3.8) is 0 Å². The molecule has 1 unspecified atom stereocenters. The van der Waals surface area contributed by atoms with Crippen LogP contribution in [-0.2, 0) is 12.8 Å². The molecular formula is C18H25NO. The van der Waals surface area contributed by atoms with E-state index in [1.807, 2.05) is 6.92 Å². The Balaban J connectivity index is 2.12. The summed E-state index contributed by atoms with van der Waals surface area (Å²) in [5.74, 6) is 1.02. The van der Waals surface area contributed by atoms with Crippen LogP contribution in [0.2, 0.25) is 0 Å². The minimum Gasteiger partial charge on any atom is -0.469 e. The van der Waals surface area contributed by atoms with E-state index < -0.39 is 0 Å². The van der Waals surface area contributed by atoms with Crippen molar-refractivity contribution in [2.45, 2.75) is 46.1 Å². The monoisotopic (exact) mass is 271 g/mol. The first kappa shape index (κ1) is 14.9. The zero-order chi connectivity index (χ0) is 14.4. The molecule has 0 aliphatic carbocycles. The van der Waals surface area contributed by atoms with Gasteiger partial charge in [0.2, 0.25) is 0 Å². The zero-order valence-electron chi connectivity index (χ0n) is 12.8. The highest BCUT2D eigenvalue weighted by Crippen LogP contribution is 2.23. The van der Waals surface area contributed by atoms with E-state index in [-0.39, 0.29) is 0 Å². The van der Waals surface area contributed by atoms with Gasteiger partial charge < -0.3 is 9.73 Å². The second kappa shape index (κ2) is 7.30. The van der Waals surface area contributed by atoms with E-state index >= 15 is 0 Å². The molecule has 2 rings (SSSR count). The van der Waals surface area contributed by atoms with E-state index in [9.17, 15) is 0 Å². The van der Waals surface area contributed by atoms with Crippen molar-refractivity contribution in [2.75, 3.05) is 6.54 Å². The van der Waals surface area contributed by atoms with Gasteiger partial charge in [0.15, 0.2) is 0 Å². The molecule has 108 valence electrons. The van der Waals surface area contributed by atoms with Crippen LogP contribution < -0.4 is 5.32 Å². The molecular weight excluding hydrogens is 246 g/mol. The molecule has 0 amide bonds. The Hall–Kier alpha value is -1.54. The summed E-state index contributed by atoms with van der Waals surface area (Å²) in [4.78, 5) is 0. The zero-order valence-corrected chi connectivity index (χ0v) is 12.8. The highest BCUT2D eigenvalue weighted by molar-refractivity contribution is 5.27. The lowest BCUT2D eigenvalue weighted by Gasteiger charge is -2.18. The fraction of sp³-hybridized carbons (Fsp3) is 0.444. The Labute approximate surface area is 122 Å². The Morgan fingerprint density at radius 3 is 2.30 bits per heavy atom. The third-order valence-corrected chi connectivity index (χ3v) is 3.79. The first-order valence-electron chi connectivity index (χ1n) is 7.59. The summed E-state index contributed by atoms with van der Waals surface area (Å²) in [6.07, 6.45) is 5.02. The number of rotatable bonds is 7. The van der Waals surface area contributed by atoms with Gasteiger partial charge in [0.05, 0.1) is 6.26 Å². The molecule has 2 heteroatoms. The van der Waals surface area contributed by atoms with E-state index in [1.165, 1.54) is 16.7 Å². The normalized spacial score (nSPS) is 12.6. The molecule has 1 aromatic carbocycles. The molecule has 2 nitrogen and oxygen atoms in total. The third-order valence-electron chi connectivity index (χ3n) is 3.79. The van der Waals surface area contributed by atoms with Crippen LogP contribution in [0.1, 0.15) is 48.8 Å². The molecule has 0 bridgehead atoms. The Bertz CT molecular complexity index is 512. The third kappa shape index (κ3) is 3.73. The second-order valence-corrected chi connectivity index (χ2v) is 5.31. The molecule has 0 radical (unpaired) electrons. The molecule has 0 aliphatic heterocycles. The molecule has 0 saturated heterocycles. The number of nitrogens with one attached hydrogen (secondary N) is 1. The molecule has 1 N–H and O–H groups in total. The summed E-state index contributed by atoms with van der Waals surface area (Å²) in [6, 6.07) is 11.4. The number of benzene rings is 1. The lowest BCUT2D eigenvalue weighted by Crippen LogP contribution is -2.24. The van der Waals surface area contributed by atoms with Gasteiger partial charge in [-0.15, -0.1) is 0 Å². The van der Waals surface area contributed by atoms with Crippen molar-refractivity contribution in [1.82, 2.24) is 5.32 Å². The number of hydrogen-bond acceptors (Lipinski definition) is 2. The summed E-state index contributed by atoms with van der Waals surface area (Å²) in [5.41, 5.74) is 4.04. The molecule has 0 fully saturated rings. The van der Waals surface area contributed by atoms with Crippen LogP contribution in [0.4, 0.5) is 0 Å². The molecule has 1 aromatic heterocycles. The highest BCUT2D eigenvalue weighted by atomic mass is 16.3. The van der Waals surface area contributed by atoms with Crippen LogP contribution in [0.15, 0.2) is 41.0 Å². The van der Waals surface area contributed by atoms with Gasteiger partial charge in [-0.05, 0) is 49.9 Å². The van der Waals surface area contributed by atoms with Crippen molar-refractivity contribution in [3.05, 3.63) is 59.0 Å². The van der Waals surface area contributed by atoms with E-state index in [4.69, 9.17) is 4.42 Å².